The number of imidazole rings is 1. The van der Waals surface area contributed by atoms with Gasteiger partial charge in [-0.2, -0.15) is 0 Å². The van der Waals surface area contributed by atoms with Crippen molar-refractivity contribution in [1.29, 1.82) is 0 Å². The zero-order chi connectivity index (χ0) is 25.6. The van der Waals surface area contributed by atoms with Gasteiger partial charge in [0.15, 0.2) is 0 Å². The minimum atomic E-state index is -0.195. The van der Waals surface area contributed by atoms with Gasteiger partial charge in [0.05, 0.1) is 30.2 Å². The number of hydrogen-bond acceptors (Lipinski definition) is 4. The van der Waals surface area contributed by atoms with Crippen molar-refractivity contribution < 1.29 is 14.7 Å². The summed E-state index contributed by atoms with van der Waals surface area (Å²) in [6.07, 6.45) is 6.87. The number of fused-ring (bicyclic) bond motifs is 2. The lowest BCUT2D eigenvalue weighted by molar-refractivity contribution is 0.0677. The van der Waals surface area contributed by atoms with Crippen LogP contribution in [0.25, 0.3) is 16.4 Å². The maximum Gasteiger partial charge on any atom is 0.268 e. The third kappa shape index (κ3) is 5.54. The van der Waals surface area contributed by atoms with E-state index in [2.05, 4.69) is 15.3 Å². The van der Waals surface area contributed by atoms with E-state index in [-0.39, 0.29) is 24.5 Å². The minimum absolute atomic E-state index is 0.0462. The van der Waals surface area contributed by atoms with E-state index in [9.17, 15) is 14.7 Å². The summed E-state index contributed by atoms with van der Waals surface area (Å²) in [6.45, 7) is 1.08. The molecule has 3 aromatic heterocycles. The van der Waals surface area contributed by atoms with Crippen molar-refractivity contribution in [3.8, 4) is 0 Å². The molecule has 1 aliphatic heterocycles. The number of carbonyl (C=O) groups is 2. The molecule has 0 spiro atoms. The van der Waals surface area contributed by atoms with Crippen molar-refractivity contribution in [2.24, 2.45) is 0 Å². The summed E-state index contributed by atoms with van der Waals surface area (Å²) in [5.41, 5.74) is 3.46. The Morgan fingerprint density at radius 1 is 1.05 bits per heavy atom. The predicted molar refractivity (Wildman–Crippen MR) is 142 cm³/mol. The number of piperidine rings is 1. The highest BCUT2D eigenvalue weighted by Crippen LogP contribution is 2.20. The van der Waals surface area contributed by atoms with Crippen LogP contribution in [0.5, 0.6) is 0 Å². The van der Waals surface area contributed by atoms with Gasteiger partial charge in [-0.3, -0.25) is 9.59 Å². The number of aromatic nitrogens is 3. The second kappa shape index (κ2) is 11.1. The number of aliphatic hydroxyl groups excluding tert-OH is 1. The molecule has 37 heavy (non-hydrogen) atoms. The molecule has 3 N–H and O–H groups in total. The van der Waals surface area contributed by atoms with E-state index >= 15 is 0 Å². The molecule has 1 unspecified atom stereocenters. The van der Waals surface area contributed by atoms with Gasteiger partial charge in [0, 0.05) is 36.2 Å². The van der Waals surface area contributed by atoms with E-state index < -0.39 is 0 Å². The van der Waals surface area contributed by atoms with Gasteiger partial charge >= 0.3 is 0 Å². The predicted octanol–water partition coefficient (Wildman–Crippen LogP) is 4.03. The SMILES string of the molecule is O=C(NC1CCCN(C(=O)c2cccn3cncc23)C1)c1cc2ccc(CO)cc2[nH]1.c1ccccc1. The van der Waals surface area contributed by atoms with Gasteiger partial charge in [0.1, 0.15) is 5.69 Å². The van der Waals surface area contributed by atoms with Gasteiger partial charge in [0.2, 0.25) is 0 Å². The molecular weight excluding hydrogens is 466 g/mol. The molecule has 1 fully saturated rings. The first-order chi connectivity index (χ1) is 18.1. The van der Waals surface area contributed by atoms with Crippen molar-refractivity contribution >= 4 is 28.2 Å². The van der Waals surface area contributed by atoms with E-state index in [1.54, 1.807) is 23.5 Å². The average molecular weight is 496 g/mol. The van der Waals surface area contributed by atoms with Crippen LogP contribution in [0, 0.1) is 0 Å². The molecular formula is C29H29N5O3. The van der Waals surface area contributed by atoms with Gasteiger partial charge in [0.25, 0.3) is 11.8 Å². The van der Waals surface area contributed by atoms with E-state index in [1.165, 1.54) is 0 Å². The summed E-state index contributed by atoms with van der Waals surface area (Å²) in [4.78, 5) is 35.0. The Labute approximate surface area is 214 Å². The number of benzene rings is 2. The number of nitrogens with one attached hydrogen (secondary N) is 2. The average Bonchev–Trinajstić information content (AvgIpc) is 3.61. The Bertz CT molecular complexity index is 1480. The number of amides is 2. The molecule has 2 amide bonds. The molecule has 6 rings (SSSR count). The summed E-state index contributed by atoms with van der Waals surface area (Å²) >= 11 is 0. The highest BCUT2D eigenvalue weighted by Gasteiger charge is 2.27. The van der Waals surface area contributed by atoms with Crippen LogP contribution in [0.3, 0.4) is 0 Å². The number of H-pyrrole nitrogens is 1. The van der Waals surface area contributed by atoms with Crippen molar-refractivity contribution in [1.82, 2.24) is 24.6 Å². The molecule has 0 aliphatic carbocycles. The quantitative estimate of drug-likeness (QED) is 0.350. The number of rotatable bonds is 4. The molecule has 1 saturated heterocycles. The first-order valence-electron chi connectivity index (χ1n) is 12.4. The zero-order valence-electron chi connectivity index (χ0n) is 20.4. The maximum atomic E-state index is 13.1. The van der Waals surface area contributed by atoms with Crippen LogP contribution in [0.4, 0.5) is 0 Å². The van der Waals surface area contributed by atoms with Crippen molar-refractivity contribution in [2.75, 3.05) is 13.1 Å². The molecule has 0 saturated carbocycles. The highest BCUT2D eigenvalue weighted by atomic mass is 16.3. The molecule has 1 atom stereocenters. The molecule has 8 heteroatoms. The van der Waals surface area contributed by atoms with E-state index in [0.717, 1.165) is 34.8 Å². The van der Waals surface area contributed by atoms with Crippen molar-refractivity contribution in [3.05, 3.63) is 108 Å². The Kier molecular flexibility index (Phi) is 7.28. The van der Waals surface area contributed by atoms with E-state index in [1.807, 2.05) is 77.3 Å². The third-order valence-corrected chi connectivity index (χ3v) is 6.51. The summed E-state index contributed by atoms with van der Waals surface area (Å²) in [5, 5.41) is 13.3. The topological polar surface area (TPSA) is 103 Å². The number of aliphatic hydroxyl groups is 1. The first kappa shape index (κ1) is 24.3. The molecule has 188 valence electrons. The minimum Gasteiger partial charge on any atom is -0.392 e. The second-order valence-corrected chi connectivity index (χ2v) is 9.09. The standard InChI is InChI=1S/C23H23N5O3.C6H6/c29-13-15-5-6-16-10-20(26-19(16)9-15)22(30)25-17-3-1-7-27(12-17)23(31)18-4-2-8-28-14-24-11-21(18)28;1-2-4-6-5-3-1/h2,4-6,8-11,14,17,26,29H,1,3,7,12-13H2,(H,25,30);1-6H. The highest BCUT2D eigenvalue weighted by molar-refractivity contribution is 6.01. The van der Waals surface area contributed by atoms with Crippen LogP contribution in [0.2, 0.25) is 0 Å². The van der Waals surface area contributed by atoms with E-state index in [0.29, 0.717) is 24.3 Å². The number of pyridine rings is 1. The Morgan fingerprint density at radius 3 is 2.59 bits per heavy atom. The number of aromatic amines is 1. The largest absolute Gasteiger partial charge is 0.392 e. The van der Waals surface area contributed by atoms with Gasteiger partial charge in [-0.05, 0) is 42.7 Å². The van der Waals surface area contributed by atoms with Crippen molar-refractivity contribution in [3.63, 3.8) is 0 Å². The fraction of sp³-hybridized carbons (Fsp3) is 0.207. The Balaban J connectivity index is 0.000000412. The maximum absolute atomic E-state index is 13.1. The van der Waals surface area contributed by atoms with Gasteiger partial charge in [-0.15, -0.1) is 0 Å². The van der Waals surface area contributed by atoms with Gasteiger partial charge in [-0.1, -0.05) is 48.5 Å². The van der Waals surface area contributed by atoms with Gasteiger partial charge < -0.3 is 24.7 Å². The first-order valence-corrected chi connectivity index (χ1v) is 12.4. The number of likely N-dealkylation sites (tertiary alicyclic amines) is 1. The van der Waals surface area contributed by atoms with Crippen molar-refractivity contribution in [2.45, 2.75) is 25.5 Å². The monoisotopic (exact) mass is 495 g/mol. The Morgan fingerprint density at radius 2 is 1.84 bits per heavy atom. The van der Waals surface area contributed by atoms with Crippen LogP contribution in [0.15, 0.2) is 91.5 Å². The molecule has 0 bridgehead atoms. The second-order valence-electron chi connectivity index (χ2n) is 9.09. The normalized spacial score (nSPS) is 15.3. The lowest BCUT2D eigenvalue weighted by Gasteiger charge is -2.33. The van der Waals surface area contributed by atoms with Crippen LogP contribution in [-0.2, 0) is 6.61 Å². The van der Waals surface area contributed by atoms with Gasteiger partial charge in [-0.25, -0.2) is 4.98 Å². The summed E-state index contributed by atoms with van der Waals surface area (Å²) in [7, 11) is 0. The molecule has 1 aliphatic rings. The van der Waals surface area contributed by atoms with Crippen LogP contribution in [0.1, 0.15) is 39.3 Å². The summed E-state index contributed by atoms with van der Waals surface area (Å²) in [5.74, 6) is -0.244. The molecule has 8 nitrogen and oxygen atoms in total. The van der Waals surface area contributed by atoms with Crippen LogP contribution < -0.4 is 5.32 Å². The molecule has 4 heterocycles. The summed E-state index contributed by atoms with van der Waals surface area (Å²) in [6, 6.07) is 22.9. The van der Waals surface area contributed by atoms with Crippen LogP contribution in [-0.4, -0.2) is 55.3 Å². The molecule has 5 aromatic rings. The lowest BCUT2D eigenvalue weighted by Crippen LogP contribution is -2.49. The smallest absolute Gasteiger partial charge is 0.268 e. The number of hydrogen-bond donors (Lipinski definition) is 3. The summed E-state index contributed by atoms with van der Waals surface area (Å²) < 4.78 is 1.83. The fourth-order valence-corrected chi connectivity index (χ4v) is 4.62. The fourth-order valence-electron chi connectivity index (χ4n) is 4.62. The number of nitrogens with zero attached hydrogens (tertiary/aromatic N) is 3. The van der Waals surface area contributed by atoms with Crippen LogP contribution >= 0.6 is 0 Å². The lowest BCUT2D eigenvalue weighted by atomic mass is 10.0. The Hall–Kier alpha value is -4.43. The zero-order valence-corrected chi connectivity index (χ0v) is 20.4. The molecule has 0 radical (unpaired) electrons. The number of carbonyl (C=O) groups excluding carboxylic acids is 2. The van der Waals surface area contributed by atoms with E-state index in [4.69, 9.17) is 0 Å². The third-order valence-electron chi connectivity index (χ3n) is 6.51. The molecule has 2 aromatic carbocycles.